The predicted octanol–water partition coefficient (Wildman–Crippen LogP) is 5.04. The molecule has 4 nitrogen and oxygen atoms in total. The van der Waals surface area contributed by atoms with Crippen LogP contribution >= 0.6 is 11.6 Å². The van der Waals surface area contributed by atoms with Crippen LogP contribution in [0, 0.1) is 11.2 Å². The number of nitrogens with zero attached hydrogens (tertiary/aromatic N) is 3. The first-order valence-corrected chi connectivity index (χ1v) is 8.20. The summed E-state index contributed by atoms with van der Waals surface area (Å²) in [5, 5.41) is 8.40. The lowest BCUT2D eigenvalue weighted by molar-refractivity contribution is 0.358. The molecule has 0 bridgehead atoms. The Morgan fingerprint density at radius 1 is 1.21 bits per heavy atom. The van der Waals surface area contributed by atoms with Crippen molar-refractivity contribution in [1.82, 2.24) is 14.6 Å². The molecule has 0 fully saturated rings. The fourth-order valence-electron chi connectivity index (χ4n) is 2.27. The Labute approximate surface area is 145 Å². The van der Waals surface area contributed by atoms with Gasteiger partial charge in [0.05, 0.1) is 10.7 Å². The van der Waals surface area contributed by atoms with Crippen molar-refractivity contribution < 1.29 is 4.39 Å². The Balaban J connectivity index is 2.04. The van der Waals surface area contributed by atoms with Crippen molar-refractivity contribution in [3.05, 3.63) is 47.4 Å². The largest absolute Gasteiger partial charge is 0.367 e. The second-order valence-electron chi connectivity index (χ2n) is 6.99. The average Bonchev–Trinajstić information content (AvgIpc) is 2.91. The summed E-state index contributed by atoms with van der Waals surface area (Å²) in [5.41, 5.74) is 2.14. The molecule has 1 atom stereocenters. The van der Waals surface area contributed by atoms with E-state index in [1.54, 1.807) is 16.8 Å². The molecule has 1 N–H and O–H groups in total. The quantitative estimate of drug-likeness (QED) is 0.722. The number of aromatic nitrogens is 3. The van der Waals surface area contributed by atoms with E-state index in [4.69, 9.17) is 11.6 Å². The molecule has 0 amide bonds. The van der Waals surface area contributed by atoms with Crippen LogP contribution in [0.1, 0.15) is 27.7 Å². The number of rotatable bonds is 3. The first-order valence-electron chi connectivity index (χ1n) is 7.82. The van der Waals surface area contributed by atoms with E-state index in [2.05, 4.69) is 43.1 Å². The third kappa shape index (κ3) is 3.22. The van der Waals surface area contributed by atoms with Crippen LogP contribution in [0.15, 0.2) is 36.5 Å². The maximum absolute atomic E-state index is 13.3. The maximum atomic E-state index is 13.3. The highest BCUT2D eigenvalue weighted by Crippen LogP contribution is 2.29. The highest BCUT2D eigenvalue weighted by atomic mass is 35.5. The normalized spacial score (nSPS) is 13.2. The van der Waals surface area contributed by atoms with Gasteiger partial charge in [0.25, 0.3) is 0 Å². The third-order valence-corrected chi connectivity index (χ3v) is 4.54. The van der Waals surface area contributed by atoms with Gasteiger partial charge in [-0.25, -0.2) is 9.37 Å². The minimum Gasteiger partial charge on any atom is -0.367 e. The molecule has 0 saturated carbocycles. The highest BCUT2D eigenvalue weighted by molar-refractivity contribution is 6.33. The highest BCUT2D eigenvalue weighted by Gasteiger charge is 2.21. The van der Waals surface area contributed by atoms with Crippen molar-refractivity contribution in [2.75, 3.05) is 5.32 Å². The zero-order chi connectivity index (χ0) is 17.5. The van der Waals surface area contributed by atoms with Gasteiger partial charge >= 0.3 is 0 Å². The van der Waals surface area contributed by atoms with Crippen LogP contribution in [0.25, 0.3) is 16.9 Å². The standard InChI is InChI=1S/C18H20ClFN4/c1-11(18(2,3)4)22-16-7-8-21-17-10-15(23-24(16)17)13-6-5-12(20)9-14(13)19/h5-11,22H,1-4H3. The zero-order valence-electron chi connectivity index (χ0n) is 14.1. The van der Waals surface area contributed by atoms with Gasteiger partial charge in [0.1, 0.15) is 11.6 Å². The summed E-state index contributed by atoms with van der Waals surface area (Å²) in [6, 6.07) is 8.26. The van der Waals surface area contributed by atoms with E-state index in [9.17, 15) is 4.39 Å². The summed E-state index contributed by atoms with van der Waals surface area (Å²) in [7, 11) is 0. The van der Waals surface area contributed by atoms with Gasteiger partial charge in [0.2, 0.25) is 0 Å². The molecule has 0 radical (unpaired) electrons. The number of halogens is 2. The lowest BCUT2D eigenvalue weighted by Crippen LogP contribution is -2.31. The van der Waals surface area contributed by atoms with E-state index in [1.807, 2.05) is 12.1 Å². The van der Waals surface area contributed by atoms with Crippen LogP contribution in [-0.2, 0) is 0 Å². The molecule has 0 spiro atoms. The first-order chi connectivity index (χ1) is 11.3. The predicted molar refractivity (Wildman–Crippen MR) is 95.9 cm³/mol. The lowest BCUT2D eigenvalue weighted by atomic mass is 9.88. The smallest absolute Gasteiger partial charge is 0.157 e. The monoisotopic (exact) mass is 346 g/mol. The summed E-state index contributed by atoms with van der Waals surface area (Å²) < 4.78 is 15.0. The molecule has 2 aromatic heterocycles. The number of anilines is 1. The molecule has 1 unspecified atom stereocenters. The molecule has 0 saturated heterocycles. The number of benzene rings is 1. The minimum absolute atomic E-state index is 0.103. The second kappa shape index (κ2) is 6.06. The van der Waals surface area contributed by atoms with E-state index in [-0.39, 0.29) is 17.3 Å². The Morgan fingerprint density at radius 2 is 1.96 bits per heavy atom. The molecule has 0 aliphatic heterocycles. The van der Waals surface area contributed by atoms with Gasteiger partial charge in [0, 0.05) is 23.9 Å². The van der Waals surface area contributed by atoms with E-state index in [0.29, 0.717) is 21.9 Å². The molecule has 6 heteroatoms. The van der Waals surface area contributed by atoms with Crippen molar-refractivity contribution in [2.45, 2.75) is 33.7 Å². The number of nitrogens with one attached hydrogen (secondary N) is 1. The van der Waals surface area contributed by atoms with Crippen molar-refractivity contribution in [3.8, 4) is 11.3 Å². The Hall–Kier alpha value is -2.14. The summed E-state index contributed by atoms with van der Waals surface area (Å²) in [4.78, 5) is 4.35. The van der Waals surface area contributed by atoms with E-state index < -0.39 is 0 Å². The Bertz CT molecular complexity index is 882. The summed E-state index contributed by atoms with van der Waals surface area (Å²) in [6.07, 6.45) is 1.74. The summed E-state index contributed by atoms with van der Waals surface area (Å²) in [5.74, 6) is 0.485. The summed E-state index contributed by atoms with van der Waals surface area (Å²) >= 11 is 6.15. The molecule has 126 valence electrons. The SMILES string of the molecule is CC(Nc1ccnc2cc(-c3ccc(F)cc3Cl)nn12)C(C)(C)C. The van der Waals surface area contributed by atoms with Crippen LogP contribution in [-0.4, -0.2) is 20.6 Å². The zero-order valence-corrected chi connectivity index (χ0v) is 14.9. The fraction of sp³-hybridized carbons (Fsp3) is 0.333. The number of fused-ring (bicyclic) bond motifs is 1. The van der Waals surface area contributed by atoms with E-state index >= 15 is 0 Å². The van der Waals surface area contributed by atoms with Crippen LogP contribution in [0.3, 0.4) is 0 Å². The number of hydrogen-bond donors (Lipinski definition) is 1. The van der Waals surface area contributed by atoms with Gasteiger partial charge < -0.3 is 5.32 Å². The Kier molecular flexibility index (Phi) is 4.22. The van der Waals surface area contributed by atoms with Crippen molar-refractivity contribution >= 4 is 23.1 Å². The first kappa shape index (κ1) is 16.7. The van der Waals surface area contributed by atoms with Crippen molar-refractivity contribution in [2.24, 2.45) is 5.41 Å². The van der Waals surface area contributed by atoms with Crippen molar-refractivity contribution in [1.29, 1.82) is 0 Å². The molecule has 1 aromatic carbocycles. The third-order valence-electron chi connectivity index (χ3n) is 4.23. The Morgan fingerprint density at radius 3 is 2.62 bits per heavy atom. The second-order valence-corrected chi connectivity index (χ2v) is 7.39. The molecule has 0 aliphatic rings. The molecule has 3 rings (SSSR count). The number of hydrogen-bond acceptors (Lipinski definition) is 3. The molecular weight excluding hydrogens is 327 g/mol. The minimum atomic E-state index is -0.369. The van der Waals surface area contributed by atoms with Crippen LogP contribution in [0.2, 0.25) is 5.02 Å². The molecule has 24 heavy (non-hydrogen) atoms. The molecular formula is C18H20ClFN4. The van der Waals surface area contributed by atoms with Crippen LogP contribution < -0.4 is 5.32 Å². The molecule has 2 heterocycles. The van der Waals surface area contributed by atoms with Crippen molar-refractivity contribution in [3.63, 3.8) is 0 Å². The van der Waals surface area contributed by atoms with Gasteiger partial charge in [-0.1, -0.05) is 32.4 Å². The van der Waals surface area contributed by atoms with Crippen LogP contribution in [0.5, 0.6) is 0 Å². The van der Waals surface area contributed by atoms with E-state index in [1.165, 1.54) is 12.1 Å². The molecule has 0 aliphatic carbocycles. The maximum Gasteiger partial charge on any atom is 0.157 e. The fourth-order valence-corrected chi connectivity index (χ4v) is 2.54. The van der Waals surface area contributed by atoms with Gasteiger partial charge in [0.15, 0.2) is 5.65 Å². The lowest BCUT2D eigenvalue weighted by Gasteiger charge is -2.28. The topological polar surface area (TPSA) is 42.2 Å². The summed E-state index contributed by atoms with van der Waals surface area (Å²) in [6.45, 7) is 8.66. The van der Waals surface area contributed by atoms with Gasteiger partial charge in [-0.05, 0) is 36.6 Å². The van der Waals surface area contributed by atoms with Gasteiger partial charge in [-0.3, -0.25) is 0 Å². The van der Waals surface area contributed by atoms with E-state index in [0.717, 1.165) is 5.82 Å². The van der Waals surface area contributed by atoms with Gasteiger partial charge in [-0.2, -0.15) is 9.61 Å². The molecule has 3 aromatic rings. The van der Waals surface area contributed by atoms with Gasteiger partial charge in [-0.15, -0.1) is 0 Å². The van der Waals surface area contributed by atoms with Crippen LogP contribution in [0.4, 0.5) is 10.2 Å². The average molecular weight is 347 g/mol.